The summed E-state index contributed by atoms with van der Waals surface area (Å²) in [4.78, 5) is 29.4. The standard InChI is InChI=1S/C15H16N2O3S/c1-4-20-15(19)13-16-12(9-21-13)14(18)17(3)11-7-5-10(2)6-8-11/h5-9H,4H2,1-3H3. The van der Waals surface area contributed by atoms with Crippen LogP contribution in [0.2, 0.25) is 0 Å². The van der Waals surface area contributed by atoms with E-state index in [2.05, 4.69) is 4.98 Å². The second-order valence-corrected chi connectivity index (χ2v) is 5.32. The molecule has 2 rings (SSSR count). The molecule has 5 nitrogen and oxygen atoms in total. The minimum atomic E-state index is -0.500. The molecule has 0 spiro atoms. The monoisotopic (exact) mass is 304 g/mol. The maximum Gasteiger partial charge on any atom is 0.367 e. The van der Waals surface area contributed by atoms with Gasteiger partial charge in [-0.05, 0) is 26.0 Å². The summed E-state index contributed by atoms with van der Waals surface area (Å²) in [6.45, 7) is 3.99. The number of benzene rings is 1. The Hall–Kier alpha value is -2.21. The molecule has 1 aromatic carbocycles. The summed E-state index contributed by atoms with van der Waals surface area (Å²) in [6, 6.07) is 7.60. The fraction of sp³-hybridized carbons (Fsp3) is 0.267. The van der Waals surface area contributed by atoms with Crippen LogP contribution < -0.4 is 4.90 Å². The zero-order chi connectivity index (χ0) is 15.4. The molecule has 0 saturated heterocycles. The Kier molecular flexibility index (Phi) is 4.70. The molecule has 0 N–H and O–H groups in total. The molecule has 0 aliphatic heterocycles. The second-order valence-electron chi connectivity index (χ2n) is 4.46. The Morgan fingerprint density at radius 1 is 1.29 bits per heavy atom. The van der Waals surface area contributed by atoms with Gasteiger partial charge in [0.15, 0.2) is 0 Å². The molecule has 0 aliphatic rings. The minimum absolute atomic E-state index is 0.192. The lowest BCUT2D eigenvalue weighted by atomic mass is 10.2. The number of esters is 1. The Morgan fingerprint density at radius 2 is 1.95 bits per heavy atom. The Labute approximate surface area is 127 Å². The molecule has 110 valence electrons. The van der Waals surface area contributed by atoms with Crippen LogP contribution in [0.5, 0.6) is 0 Å². The van der Waals surface area contributed by atoms with Gasteiger partial charge in [-0.15, -0.1) is 11.3 Å². The van der Waals surface area contributed by atoms with Crippen LogP contribution >= 0.6 is 11.3 Å². The fourth-order valence-corrected chi connectivity index (χ4v) is 2.40. The topological polar surface area (TPSA) is 59.5 Å². The molecule has 2 aromatic rings. The largest absolute Gasteiger partial charge is 0.461 e. The summed E-state index contributed by atoms with van der Waals surface area (Å²) in [5, 5.41) is 1.76. The number of rotatable bonds is 4. The van der Waals surface area contributed by atoms with Gasteiger partial charge in [-0.1, -0.05) is 17.7 Å². The number of carbonyl (C=O) groups is 2. The predicted octanol–water partition coefficient (Wildman–Crippen LogP) is 2.90. The smallest absolute Gasteiger partial charge is 0.367 e. The van der Waals surface area contributed by atoms with E-state index < -0.39 is 5.97 Å². The molecule has 0 saturated carbocycles. The molecule has 0 unspecified atom stereocenters. The minimum Gasteiger partial charge on any atom is -0.461 e. The van der Waals surface area contributed by atoms with Crippen LogP contribution in [-0.4, -0.2) is 30.5 Å². The number of thiazole rings is 1. The van der Waals surface area contributed by atoms with Gasteiger partial charge in [0.1, 0.15) is 5.69 Å². The molecular weight excluding hydrogens is 288 g/mol. The van der Waals surface area contributed by atoms with E-state index in [1.54, 1.807) is 19.4 Å². The summed E-state index contributed by atoms with van der Waals surface area (Å²) < 4.78 is 4.86. The maximum absolute atomic E-state index is 12.3. The summed E-state index contributed by atoms with van der Waals surface area (Å²) in [5.74, 6) is -0.759. The zero-order valence-electron chi connectivity index (χ0n) is 12.1. The van der Waals surface area contributed by atoms with Crippen LogP contribution in [0.4, 0.5) is 5.69 Å². The van der Waals surface area contributed by atoms with Crippen LogP contribution in [0.15, 0.2) is 29.6 Å². The number of hydrogen-bond donors (Lipinski definition) is 0. The highest BCUT2D eigenvalue weighted by atomic mass is 32.1. The number of ether oxygens (including phenoxy) is 1. The van der Waals surface area contributed by atoms with E-state index in [1.165, 1.54) is 4.90 Å². The first-order valence-electron chi connectivity index (χ1n) is 6.50. The molecule has 1 heterocycles. The average Bonchev–Trinajstić information content (AvgIpc) is 2.96. The van der Waals surface area contributed by atoms with E-state index in [9.17, 15) is 9.59 Å². The van der Waals surface area contributed by atoms with Gasteiger partial charge in [-0.25, -0.2) is 9.78 Å². The molecule has 0 radical (unpaired) electrons. The van der Waals surface area contributed by atoms with E-state index in [1.807, 2.05) is 31.2 Å². The summed E-state index contributed by atoms with van der Waals surface area (Å²) in [6.07, 6.45) is 0. The van der Waals surface area contributed by atoms with Gasteiger partial charge in [-0.2, -0.15) is 0 Å². The zero-order valence-corrected chi connectivity index (χ0v) is 12.9. The van der Waals surface area contributed by atoms with Gasteiger partial charge in [0, 0.05) is 18.1 Å². The van der Waals surface area contributed by atoms with Gasteiger partial charge < -0.3 is 9.64 Å². The van der Waals surface area contributed by atoms with Crippen molar-refractivity contribution in [3.63, 3.8) is 0 Å². The summed E-state index contributed by atoms with van der Waals surface area (Å²) in [7, 11) is 1.68. The van der Waals surface area contributed by atoms with Crippen molar-refractivity contribution in [2.45, 2.75) is 13.8 Å². The molecule has 6 heteroatoms. The number of aryl methyl sites for hydroxylation is 1. The quantitative estimate of drug-likeness (QED) is 0.815. The number of anilines is 1. The van der Waals surface area contributed by atoms with Crippen LogP contribution in [0, 0.1) is 6.92 Å². The highest BCUT2D eigenvalue weighted by Crippen LogP contribution is 2.18. The number of amides is 1. The number of nitrogens with zero attached hydrogens (tertiary/aromatic N) is 2. The SMILES string of the molecule is CCOC(=O)c1nc(C(=O)N(C)c2ccc(C)cc2)cs1. The first-order chi connectivity index (χ1) is 10.0. The van der Waals surface area contributed by atoms with E-state index in [0.717, 1.165) is 22.6 Å². The first kappa shape index (κ1) is 15.2. The fourth-order valence-electron chi connectivity index (χ4n) is 1.72. The van der Waals surface area contributed by atoms with Crippen molar-refractivity contribution in [1.29, 1.82) is 0 Å². The lowest BCUT2D eigenvalue weighted by Gasteiger charge is -2.16. The van der Waals surface area contributed by atoms with Crippen LogP contribution in [-0.2, 0) is 4.74 Å². The normalized spacial score (nSPS) is 10.2. The van der Waals surface area contributed by atoms with E-state index in [-0.39, 0.29) is 23.2 Å². The highest BCUT2D eigenvalue weighted by molar-refractivity contribution is 7.11. The molecule has 0 aliphatic carbocycles. The van der Waals surface area contributed by atoms with Crippen molar-refractivity contribution < 1.29 is 14.3 Å². The van der Waals surface area contributed by atoms with E-state index in [0.29, 0.717) is 0 Å². The van der Waals surface area contributed by atoms with Crippen LogP contribution in [0.25, 0.3) is 0 Å². The van der Waals surface area contributed by atoms with Crippen molar-refractivity contribution in [2.75, 3.05) is 18.6 Å². The van der Waals surface area contributed by atoms with E-state index in [4.69, 9.17) is 4.74 Å². The van der Waals surface area contributed by atoms with Crippen molar-refractivity contribution in [2.24, 2.45) is 0 Å². The number of aromatic nitrogens is 1. The van der Waals surface area contributed by atoms with Gasteiger partial charge in [0.25, 0.3) is 5.91 Å². The molecule has 0 atom stereocenters. The first-order valence-corrected chi connectivity index (χ1v) is 7.38. The molecule has 1 amide bonds. The Bertz CT molecular complexity index is 649. The third kappa shape index (κ3) is 3.46. The van der Waals surface area contributed by atoms with Gasteiger partial charge in [0.2, 0.25) is 5.01 Å². The van der Waals surface area contributed by atoms with Crippen LogP contribution in [0.3, 0.4) is 0 Å². The second kappa shape index (κ2) is 6.49. The predicted molar refractivity (Wildman–Crippen MR) is 82.0 cm³/mol. The molecular formula is C15H16N2O3S. The van der Waals surface area contributed by atoms with Crippen molar-refractivity contribution in [3.05, 3.63) is 45.9 Å². The molecule has 21 heavy (non-hydrogen) atoms. The van der Waals surface area contributed by atoms with Gasteiger partial charge in [-0.3, -0.25) is 4.79 Å². The third-order valence-electron chi connectivity index (χ3n) is 2.90. The van der Waals surface area contributed by atoms with Crippen LogP contribution in [0.1, 0.15) is 32.8 Å². The van der Waals surface area contributed by atoms with E-state index >= 15 is 0 Å². The van der Waals surface area contributed by atoms with Crippen molar-refractivity contribution >= 4 is 28.9 Å². The highest BCUT2D eigenvalue weighted by Gasteiger charge is 2.19. The average molecular weight is 304 g/mol. The van der Waals surface area contributed by atoms with Gasteiger partial charge in [0.05, 0.1) is 6.61 Å². The molecule has 0 bridgehead atoms. The summed E-state index contributed by atoms with van der Waals surface area (Å²) in [5.41, 5.74) is 2.14. The van der Waals surface area contributed by atoms with Crippen molar-refractivity contribution in [3.8, 4) is 0 Å². The lowest BCUT2D eigenvalue weighted by Crippen LogP contribution is -2.26. The maximum atomic E-state index is 12.3. The Morgan fingerprint density at radius 3 is 2.57 bits per heavy atom. The molecule has 1 aromatic heterocycles. The lowest BCUT2D eigenvalue weighted by molar-refractivity contribution is 0.0526. The third-order valence-corrected chi connectivity index (χ3v) is 3.72. The van der Waals surface area contributed by atoms with Crippen molar-refractivity contribution in [1.82, 2.24) is 4.98 Å². The number of hydrogen-bond acceptors (Lipinski definition) is 5. The Balaban J connectivity index is 2.16. The van der Waals surface area contributed by atoms with Gasteiger partial charge >= 0.3 is 5.97 Å². The summed E-state index contributed by atoms with van der Waals surface area (Å²) >= 11 is 1.11. The number of carbonyl (C=O) groups excluding carboxylic acids is 2. The molecule has 0 fully saturated rings.